The third-order valence-corrected chi connectivity index (χ3v) is 6.05. The average Bonchev–Trinajstić information content (AvgIpc) is 3.28. The maximum absolute atomic E-state index is 13.7. The van der Waals surface area contributed by atoms with E-state index < -0.39 is 0 Å². The minimum absolute atomic E-state index is 0.278. The number of halogens is 1. The molecule has 6 nitrogen and oxygen atoms in total. The Labute approximate surface area is 198 Å². The molecular weight excluding hydrogens is 439 g/mol. The lowest BCUT2D eigenvalue weighted by atomic mass is 9.94. The van der Waals surface area contributed by atoms with Gasteiger partial charge in [-0.1, -0.05) is 43.3 Å². The van der Waals surface area contributed by atoms with Crippen LogP contribution in [-0.4, -0.2) is 33.8 Å². The van der Waals surface area contributed by atoms with E-state index in [1.54, 1.807) is 19.2 Å². The lowest BCUT2D eigenvalue weighted by Gasteiger charge is -2.37. The molecule has 1 aliphatic rings. The minimum Gasteiger partial charge on any atom is -0.497 e. The third kappa shape index (κ3) is 4.90. The highest BCUT2D eigenvalue weighted by molar-refractivity contribution is 7.80. The highest BCUT2D eigenvalue weighted by atomic mass is 32.1. The number of ether oxygens (including phenoxy) is 1. The molecule has 1 aliphatic heterocycles. The summed E-state index contributed by atoms with van der Waals surface area (Å²) in [6.45, 7) is 7.16. The topological polar surface area (TPSA) is 63.4 Å². The zero-order chi connectivity index (χ0) is 23.5. The van der Waals surface area contributed by atoms with Gasteiger partial charge in [0.1, 0.15) is 11.6 Å². The first-order valence-corrected chi connectivity index (χ1v) is 11.3. The second-order valence-electron chi connectivity index (χ2n) is 8.42. The third-order valence-electron chi connectivity index (χ3n) is 5.71. The lowest BCUT2D eigenvalue weighted by Crippen LogP contribution is -2.46. The standard InChI is InChI=1S/C25H27FN4O2S/c1-15(2)12-13-30-16(3)21(22(27-25(30)33)17-8-10-20(31-4)11-9-17)24-28-23(29-32-24)18-6-5-7-19(26)14-18/h5-11,14-15,22H,12-13H2,1-4H3,(H,27,33). The number of nitrogens with zero attached hydrogens (tertiary/aromatic N) is 3. The fourth-order valence-electron chi connectivity index (χ4n) is 3.84. The Morgan fingerprint density at radius 2 is 1.97 bits per heavy atom. The van der Waals surface area contributed by atoms with Gasteiger partial charge < -0.3 is 19.5 Å². The fourth-order valence-corrected chi connectivity index (χ4v) is 4.19. The number of hydrogen-bond acceptors (Lipinski definition) is 5. The van der Waals surface area contributed by atoms with E-state index in [4.69, 9.17) is 21.5 Å². The predicted molar refractivity (Wildman–Crippen MR) is 130 cm³/mol. The molecule has 3 aromatic rings. The van der Waals surface area contributed by atoms with Crippen LogP contribution in [0.2, 0.25) is 0 Å². The van der Waals surface area contributed by atoms with Gasteiger partial charge in [-0.25, -0.2) is 4.39 Å². The number of nitrogens with one attached hydrogen (secondary N) is 1. The Hall–Kier alpha value is -3.26. The number of hydrogen-bond donors (Lipinski definition) is 1. The zero-order valence-electron chi connectivity index (χ0n) is 19.1. The summed E-state index contributed by atoms with van der Waals surface area (Å²) >= 11 is 5.73. The summed E-state index contributed by atoms with van der Waals surface area (Å²) in [5, 5.41) is 8.23. The molecule has 172 valence electrons. The van der Waals surface area contributed by atoms with Crippen molar-refractivity contribution in [2.24, 2.45) is 5.92 Å². The van der Waals surface area contributed by atoms with Gasteiger partial charge in [0.2, 0.25) is 5.82 Å². The van der Waals surface area contributed by atoms with Crippen molar-refractivity contribution < 1.29 is 13.7 Å². The van der Waals surface area contributed by atoms with Gasteiger partial charge in [-0.15, -0.1) is 0 Å². The summed E-state index contributed by atoms with van der Waals surface area (Å²) in [7, 11) is 1.64. The van der Waals surface area contributed by atoms with Crippen molar-refractivity contribution in [2.75, 3.05) is 13.7 Å². The first-order valence-electron chi connectivity index (χ1n) is 10.9. The quantitative estimate of drug-likeness (QED) is 0.455. The largest absolute Gasteiger partial charge is 0.497 e. The van der Waals surface area contributed by atoms with E-state index in [1.807, 2.05) is 31.2 Å². The monoisotopic (exact) mass is 466 g/mol. The van der Waals surface area contributed by atoms with Crippen LogP contribution < -0.4 is 10.1 Å². The van der Waals surface area contributed by atoms with Crippen LogP contribution in [0.1, 0.15) is 44.7 Å². The molecule has 4 rings (SSSR count). The normalized spacial score (nSPS) is 16.4. The Morgan fingerprint density at radius 1 is 1.21 bits per heavy atom. The molecule has 0 spiro atoms. The molecule has 1 atom stereocenters. The van der Waals surface area contributed by atoms with Crippen LogP contribution in [0.5, 0.6) is 5.75 Å². The van der Waals surface area contributed by atoms with Gasteiger partial charge in [0, 0.05) is 17.8 Å². The van der Waals surface area contributed by atoms with E-state index in [-0.39, 0.29) is 11.9 Å². The molecule has 0 fully saturated rings. The van der Waals surface area contributed by atoms with Crippen molar-refractivity contribution in [3.8, 4) is 17.1 Å². The van der Waals surface area contributed by atoms with Crippen molar-refractivity contribution in [1.29, 1.82) is 0 Å². The van der Waals surface area contributed by atoms with Crippen molar-refractivity contribution in [2.45, 2.75) is 33.2 Å². The van der Waals surface area contributed by atoms with Crippen molar-refractivity contribution in [1.82, 2.24) is 20.4 Å². The average molecular weight is 467 g/mol. The van der Waals surface area contributed by atoms with E-state index in [1.165, 1.54) is 12.1 Å². The van der Waals surface area contributed by atoms with Crippen LogP contribution in [0, 0.1) is 11.7 Å². The molecule has 1 N–H and O–H groups in total. The fraction of sp³-hybridized carbons (Fsp3) is 0.320. The SMILES string of the molecule is COc1ccc(C2NC(=S)N(CCC(C)C)C(C)=C2c2nc(-c3cccc(F)c3)no2)cc1. The number of allylic oxidation sites excluding steroid dienone is 1. The second-order valence-corrected chi connectivity index (χ2v) is 8.81. The first-order chi connectivity index (χ1) is 15.9. The summed E-state index contributed by atoms with van der Waals surface area (Å²) in [5.41, 5.74) is 3.34. The smallest absolute Gasteiger partial charge is 0.258 e. The van der Waals surface area contributed by atoms with Crippen LogP contribution in [-0.2, 0) is 0 Å². The highest BCUT2D eigenvalue weighted by Crippen LogP contribution is 2.38. The van der Waals surface area contributed by atoms with E-state index in [0.29, 0.717) is 28.3 Å². The molecule has 2 heterocycles. The van der Waals surface area contributed by atoms with E-state index in [2.05, 4.69) is 34.2 Å². The lowest BCUT2D eigenvalue weighted by molar-refractivity contribution is 0.390. The van der Waals surface area contributed by atoms with Gasteiger partial charge in [0.25, 0.3) is 5.89 Å². The van der Waals surface area contributed by atoms with Gasteiger partial charge in [-0.05, 0) is 61.3 Å². The van der Waals surface area contributed by atoms with Gasteiger partial charge in [0.05, 0.1) is 18.7 Å². The van der Waals surface area contributed by atoms with Crippen LogP contribution in [0.3, 0.4) is 0 Å². The summed E-state index contributed by atoms with van der Waals surface area (Å²) in [6, 6.07) is 13.7. The number of aromatic nitrogens is 2. The van der Waals surface area contributed by atoms with Gasteiger partial charge >= 0.3 is 0 Å². The molecular formula is C25H27FN4O2S. The molecule has 2 aromatic carbocycles. The number of rotatable bonds is 7. The Balaban J connectivity index is 1.78. The molecule has 0 bridgehead atoms. The van der Waals surface area contributed by atoms with Gasteiger partial charge in [-0.2, -0.15) is 4.98 Å². The molecule has 0 radical (unpaired) electrons. The molecule has 0 saturated heterocycles. The first kappa shape index (κ1) is 22.9. The van der Waals surface area contributed by atoms with Gasteiger partial charge in [-0.3, -0.25) is 0 Å². The molecule has 8 heteroatoms. The number of thiocarbonyl (C=S) groups is 1. The molecule has 0 amide bonds. The zero-order valence-corrected chi connectivity index (χ0v) is 19.9. The number of benzene rings is 2. The summed E-state index contributed by atoms with van der Waals surface area (Å²) in [4.78, 5) is 6.70. The molecule has 0 saturated carbocycles. The van der Waals surface area contributed by atoms with Crippen molar-refractivity contribution in [3.63, 3.8) is 0 Å². The Kier molecular flexibility index (Phi) is 6.74. The molecule has 33 heavy (non-hydrogen) atoms. The van der Waals surface area contributed by atoms with E-state index >= 15 is 0 Å². The van der Waals surface area contributed by atoms with E-state index in [9.17, 15) is 4.39 Å². The van der Waals surface area contributed by atoms with Crippen molar-refractivity contribution in [3.05, 3.63) is 71.5 Å². The minimum atomic E-state index is -0.352. The predicted octanol–water partition coefficient (Wildman–Crippen LogP) is 5.59. The molecule has 0 aliphatic carbocycles. The highest BCUT2D eigenvalue weighted by Gasteiger charge is 2.34. The van der Waals surface area contributed by atoms with E-state index in [0.717, 1.165) is 35.5 Å². The number of methoxy groups -OCH3 is 1. The summed E-state index contributed by atoms with van der Waals surface area (Å²) in [6.07, 6.45) is 0.984. The van der Waals surface area contributed by atoms with Crippen LogP contribution >= 0.6 is 12.2 Å². The van der Waals surface area contributed by atoms with Crippen LogP contribution in [0.4, 0.5) is 4.39 Å². The maximum atomic E-state index is 13.7. The Morgan fingerprint density at radius 3 is 2.64 bits per heavy atom. The van der Waals surface area contributed by atoms with Gasteiger partial charge in [0.15, 0.2) is 5.11 Å². The molecule has 1 aromatic heterocycles. The molecule has 1 unspecified atom stereocenters. The Bertz CT molecular complexity index is 1170. The summed E-state index contributed by atoms with van der Waals surface area (Å²) in [5.74, 6) is 1.66. The van der Waals surface area contributed by atoms with Crippen LogP contribution in [0.25, 0.3) is 17.0 Å². The maximum Gasteiger partial charge on any atom is 0.258 e. The summed E-state index contributed by atoms with van der Waals surface area (Å²) < 4.78 is 24.7. The van der Waals surface area contributed by atoms with Crippen LogP contribution in [0.15, 0.2) is 58.8 Å². The second kappa shape index (κ2) is 9.70. The van der Waals surface area contributed by atoms with Crippen molar-refractivity contribution >= 4 is 22.9 Å².